The summed E-state index contributed by atoms with van der Waals surface area (Å²) < 4.78 is 0. The lowest BCUT2D eigenvalue weighted by Gasteiger charge is -2.15. The number of aromatic nitrogens is 6. The van der Waals surface area contributed by atoms with Crippen LogP contribution < -0.4 is 34.4 Å². The summed E-state index contributed by atoms with van der Waals surface area (Å²) in [5.41, 5.74) is 51.3. The maximum atomic E-state index is 6.00. The van der Waals surface area contributed by atoms with E-state index in [2.05, 4.69) is 185 Å². The first-order valence-corrected chi connectivity index (χ1v) is 32.9. The number of anilines is 6. The van der Waals surface area contributed by atoms with Crippen molar-refractivity contribution in [1.82, 2.24) is 29.9 Å². The fraction of sp³-hybridized carbons (Fsp3) is 0.345. The Kier molecular flexibility index (Phi) is 22.2. The van der Waals surface area contributed by atoms with Crippen LogP contribution in [0.4, 0.5) is 35.3 Å². The van der Waals surface area contributed by atoms with Crippen LogP contribution in [0.3, 0.4) is 0 Å². The number of rotatable bonds is 9. The average Bonchev–Trinajstić information content (AvgIpc) is 3.27. The maximum Gasteiger partial charge on any atom is 0.221 e. The van der Waals surface area contributed by atoms with Gasteiger partial charge in [-0.25, -0.2) is 15.0 Å². The molecule has 12 N–H and O–H groups in total. The molecule has 3 aromatic carbocycles. The van der Waals surface area contributed by atoms with Crippen molar-refractivity contribution in [3.8, 4) is 35.8 Å². The Labute approximate surface area is 444 Å². The number of aryl methyl sites for hydroxylation is 4. The molecule has 0 aliphatic rings. The van der Waals surface area contributed by atoms with E-state index in [1.54, 1.807) is 42.1 Å². The molecule has 3 aromatic heterocycles. The summed E-state index contributed by atoms with van der Waals surface area (Å²) in [5.74, 6) is 9.12. The monoisotopic (exact) mass is 1050 g/mol. The minimum atomic E-state index is -1.43. The SMILES string of the molecule is C#C[Si](C)(C)C.C#Cc1cc(Sc2cnc(N)nc2N)c(C(C)C)cc1C.Cc1cc(C(C)C)c(Sc2cnc(N)nc2N)cc1C#C[Si](C)(C)C.Cc1cc(Sc2cnc(N)nc2N)c(C(C)C)cc1C. The van der Waals surface area contributed by atoms with E-state index < -0.39 is 16.1 Å². The Bertz CT molecular complexity index is 3010. The average molecular weight is 1060 g/mol. The van der Waals surface area contributed by atoms with E-state index in [1.807, 2.05) is 13.0 Å². The van der Waals surface area contributed by atoms with Gasteiger partial charge < -0.3 is 34.4 Å². The predicted octanol–water partition coefficient (Wildman–Crippen LogP) is 12.7. The van der Waals surface area contributed by atoms with Crippen LogP contribution in [-0.2, 0) is 0 Å². The molecular weight excluding hydrogens is 981 g/mol. The molecule has 3 heterocycles. The lowest BCUT2D eigenvalue weighted by Crippen LogP contribution is -2.16. The second kappa shape index (κ2) is 26.5. The zero-order chi connectivity index (χ0) is 54.4. The molecule has 380 valence electrons. The van der Waals surface area contributed by atoms with Crippen LogP contribution in [0.2, 0.25) is 39.3 Å². The van der Waals surface area contributed by atoms with Gasteiger partial charge in [0.2, 0.25) is 17.8 Å². The van der Waals surface area contributed by atoms with Crippen molar-refractivity contribution in [3.63, 3.8) is 0 Å². The summed E-state index contributed by atoms with van der Waals surface area (Å²) >= 11 is 4.68. The molecule has 0 amide bonds. The number of terminal acetylenes is 2. The van der Waals surface area contributed by atoms with Crippen LogP contribution >= 0.6 is 35.3 Å². The molecule has 0 aliphatic heterocycles. The maximum absolute atomic E-state index is 6.00. The summed E-state index contributed by atoms with van der Waals surface area (Å²) in [6.07, 6.45) is 15.7. The molecule has 12 nitrogen and oxygen atoms in total. The zero-order valence-corrected chi connectivity index (χ0v) is 49.4. The van der Waals surface area contributed by atoms with E-state index in [-0.39, 0.29) is 17.8 Å². The lowest BCUT2D eigenvalue weighted by atomic mass is 9.98. The number of nitrogens with zero attached hydrogens (tertiary/aromatic N) is 6. The third kappa shape index (κ3) is 18.8. The molecule has 0 atom stereocenters. The van der Waals surface area contributed by atoms with Gasteiger partial charge in [0.25, 0.3) is 0 Å². The number of nitrogen functional groups attached to an aromatic ring is 6. The second-order valence-corrected chi connectivity index (χ2v) is 32.9. The Morgan fingerprint density at radius 3 is 1.06 bits per heavy atom. The highest BCUT2D eigenvalue weighted by Crippen LogP contribution is 2.40. The highest BCUT2D eigenvalue weighted by molar-refractivity contribution is 8.00. The van der Waals surface area contributed by atoms with Crippen molar-refractivity contribution in [2.45, 2.75) is 156 Å². The van der Waals surface area contributed by atoms with E-state index in [9.17, 15) is 0 Å². The molecule has 0 saturated carbocycles. The number of hydrogen-bond acceptors (Lipinski definition) is 15. The minimum Gasteiger partial charge on any atom is -0.383 e. The largest absolute Gasteiger partial charge is 0.383 e. The van der Waals surface area contributed by atoms with Gasteiger partial charge in [-0.3, -0.25) is 0 Å². The third-order valence-electron chi connectivity index (χ3n) is 10.4. The van der Waals surface area contributed by atoms with Crippen LogP contribution in [0.5, 0.6) is 0 Å². The molecule has 0 saturated heterocycles. The van der Waals surface area contributed by atoms with Crippen molar-refractivity contribution in [2.75, 3.05) is 34.4 Å². The van der Waals surface area contributed by atoms with E-state index in [1.165, 1.54) is 50.0 Å². The van der Waals surface area contributed by atoms with Gasteiger partial charge in [-0.2, -0.15) is 15.0 Å². The molecule has 72 heavy (non-hydrogen) atoms. The van der Waals surface area contributed by atoms with Gasteiger partial charge in [0.15, 0.2) is 0 Å². The fourth-order valence-electron chi connectivity index (χ4n) is 6.18. The highest BCUT2D eigenvalue weighted by atomic mass is 32.2. The molecule has 6 aromatic rings. The van der Waals surface area contributed by atoms with Crippen LogP contribution in [0, 0.1) is 63.5 Å². The topological polar surface area (TPSA) is 233 Å². The molecule has 0 aliphatic carbocycles. The summed E-state index contributed by atoms with van der Waals surface area (Å²) in [7, 11) is -2.53. The van der Waals surface area contributed by atoms with Crippen molar-refractivity contribution in [1.29, 1.82) is 0 Å². The standard InChI is InChI=1S/C19H26N4SSi.C16H18N4S.C15H20N4S.C5H10Si/c1-12(2)15-9-13(3)14(7-8-25(4,5)6)10-16(15)24-17-11-22-19(21)23-18(17)20;1-5-11-7-13(12(9(2)3)6-10(11)4)21-14-8-19-16(18)20-15(14)17;1-8(2)11-5-9(3)10(4)6-12(11)20-13-7-18-15(17)19-14(13)16;1-5-6(2,3)4/h9-12H,1-6H3,(H4,20,21,22,23);1,6-9H,2-4H3,(H4,17,18,19,20);5-8H,1-4H3,(H4,16,17,18,19);1H,2-4H3. The van der Waals surface area contributed by atoms with Crippen LogP contribution in [-0.4, -0.2) is 46.1 Å². The van der Waals surface area contributed by atoms with Crippen molar-refractivity contribution in [2.24, 2.45) is 0 Å². The molecule has 0 radical (unpaired) electrons. The Morgan fingerprint density at radius 1 is 0.444 bits per heavy atom. The smallest absolute Gasteiger partial charge is 0.221 e. The third-order valence-corrected chi connectivity index (χ3v) is 15.5. The van der Waals surface area contributed by atoms with Gasteiger partial charge in [-0.05, 0) is 103 Å². The molecule has 17 heteroatoms. The molecular formula is C55H74N12S3Si2. The van der Waals surface area contributed by atoms with E-state index in [0.29, 0.717) is 35.2 Å². The van der Waals surface area contributed by atoms with E-state index >= 15 is 0 Å². The first-order chi connectivity index (χ1) is 33.4. The first kappa shape index (κ1) is 60.2. The Hall–Kier alpha value is -6.14. The van der Waals surface area contributed by atoms with Crippen LogP contribution in [0.15, 0.2) is 84.4 Å². The second-order valence-electron chi connectivity index (χ2n) is 20.1. The van der Waals surface area contributed by atoms with Gasteiger partial charge >= 0.3 is 0 Å². The normalized spacial score (nSPS) is 11.0. The van der Waals surface area contributed by atoms with Gasteiger partial charge in [0, 0.05) is 44.4 Å². The minimum absolute atomic E-state index is 0.175. The predicted molar refractivity (Wildman–Crippen MR) is 316 cm³/mol. The zero-order valence-electron chi connectivity index (χ0n) is 45.0. The molecule has 0 unspecified atom stereocenters. The first-order valence-electron chi connectivity index (χ1n) is 23.5. The molecule has 0 fully saturated rings. The summed E-state index contributed by atoms with van der Waals surface area (Å²) in [6, 6.07) is 13.0. The summed E-state index contributed by atoms with van der Waals surface area (Å²) in [6.45, 7) is 34.6. The number of hydrogen-bond donors (Lipinski definition) is 6. The Balaban J connectivity index is 0.000000271. The highest BCUT2D eigenvalue weighted by Gasteiger charge is 2.17. The fourth-order valence-corrected chi connectivity index (χ4v) is 10.00. The molecule has 0 bridgehead atoms. The van der Waals surface area contributed by atoms with Crippen molar-refractivity contribution >= 4 is 86.7 Å². The number of benzene rings is 3. The summed E-state index contributed by atoms with van der Waals surface area (Å²) in [4.78, 5) is 30.0. The van der Waals surface area contributed by atoms with Crippen LogP contribution in [0.1, 0.15) is 109 Å². The van der Waals surface area contributed by atoms with Crippen molar-refractivity contribution < 1.29 is 0 Å². The quantitative estimate of drug-likeness (QED) is 0.0584. The Morgan fingerprint density at radius 2 is 0.750 bits per heavy atom. The number of nitrogens with two attached hydrogens (primary N) is 6. The molecule has 0 spiro atoms. The van der Waals surface area contributed by atoms with Gasteiger partial charge in [0.05, 0.1) is 14.7 Å². The van der Waals surface area contributed by atoms with Crippen molar-refractivity contribution in [3.05, 3.63) is 105 Å². The van der Waals surface area contributed by atoms with Gasteiger partial charge in [-0.15, -0.1) is 23.9 Å². The lowest BCUT2D eigenvalue weighted by molar-refractivity contribution is 0.838. The van der Waals surface area contributed by atoms with Crippen LogP contribution in [0.25, 0.3) is 0 Å². The summed E-state index contributed by atoms with van der Waals surface area (Å²) in [5, 5.41) is 0. The van der Waals surface area contributed by atoms with E-state index in [0.717, 1.165) is 41.2 Å². The van der Waals surface area contributed by atoms with Gasteiger partial charge in [-0.1, -0.05) is 146 Å². The van der Waals surface area contributed by atoms with Gasteiger partial charge in [0.1, 0.15) is 33.6 Å². The van der Waals surface area contributed by atoms with E-state index in [4.69, 9.17) is 47.2 Å². The molecule has 6 rings (SSSR count).